The Labute approximate surface area is 114 Å². The molecular formula is C16H32N2. The summed E-state index contributed by atoms with van der Waals surface area (Å²) in [5.74, 6) is 1.66. The van der Waals surface area contributed by atoms with Gasteiger partial charge in [0.05, 0.1) is 0 Å². The van der Waals surface area contributed by atoms with Gasteiger partial charge in [0, 0.05) is 31.2 Å². The largest absolute Gasteiger partial charge is 0.311 e. The fourth-order valence-electron chi connectivity index (χ4n) is 3.87. The lowest BCUT2D eigenvalue weighted by Crippen LogP contribution is -2.62. The van der Waals surface area contributed by atoms with Crippen LogP contribution in [-0.4, -0.2) is 36.1 Å². The molecule has 2 fully saturated rings. The Morgan fingerprint density at radius 2 is 1.94 bits per heavy atom. The smallest absolute Gasteiger partial charge is 0.0221 e. The molecule has 0 spiro atoms. The number of nitrogens with zero attached hydrogens (tertiary/aromatic N) is 1. The fraction of sp³-hybridized carbons (Fsp3) is 1.00. The van der Waals surface area contributed by atoms with Crippen molar-refractivity contribution in [3.63, 3.8) is 0 Å². The molecule has 4 atom stereocenters. The maximum absolute atomic E-state index is 3.76. The first-order valence-electron chi connectivity index (χ1n) is 8.12. The first-order chi connectivity index (χ1) is 8.63. The van der Waals surface area contributed by atoms with Crippen molar-refractivity contribution in [1.82, 2.24) is 10.2 Å². The highest BCUT2D eigenvalue weighted by Gasteiger charge is 2.35. The van der Waals surface area contributed by atoms with Gasteiger partial charge in [0.2, 0.25) is 0 Å². The van der Waals surface area contributed by atoms with E-state index in [-0.39, 0.29) is 0 Å². The maximum Gasteiger partial charge on any atom is 0.0221 e. The summed E-state index contributed by atoms with van der Waals surface area (Å²) in [4.78, 5) is 2.87. The summed E-state index contributed by atoms with van der Waals surface area (Å²) in [6.07, 6.45) is 7.07. The first-order valence-corrected chi connectivity index (χ1v) is 8.12. The van der Waals surface area contributed by atoms with Gasteiger partial charge in [-0.2, -0.15) is 0 Å². The van der Waals surface area contributed by atoms with Gasteiger partial charge in [-0.1, -0.05) is 40.5 Å². The van der Waals surface area contributed by atoms with Crippen LogP contribution in [0.2, 0.25) is 0 Å². The van der Waals surface area contributed by atoms with Crippen molar-refractivity contribution in [1.29, 1.82) is 0 Å². The average molecular weight is 252 g/mol. The monoisotopic (exact) mass is 252 g/mol. The Hall–Kier alpha value is -0.0800. The van der Waals surface area contributed by atoms with Gasteiger partial charge in [-0.3, -0.25) is 4.90 Å². The van der Waals surface area contributed by atoms with Gasteiger partial charge < -0.3 is 5.32 Å². The van der Waals surface area contributed by atoms with Crippen LogP contribution < -0.4 is 5.32 Å². The second kappa shape index (κ2) is 6.38. The van der Waals surface area contributed by atoms with Crippen molar-refractivity contribution in [2.75, 3.05) is 13.1 Å². The summed E-state index contributed by atoms with van der Waals surface area (Å²) in [7, 11) is 0. The SMILES string of the molecule is CCC1CNC(C(C)C)CN1C1CCCCC1C. The highest BCUT2D eigenvalue weighted by Crippen LogP contribution is 2.31. The van der Waals surface area contributed by atoms with E-state index in [4.69, 9.17) is 0 Å². The predicted octanol–water partition coefficient (Wildman–Crippen LogP) is 3.27. The quantitative estimate of drug-likeness (QED) is 0.829. The van der Waals surface area contributed by atoms with Crippen LogP contribution in [-0.2, 0) is 0 Å². The predicted molar refractivity (Wildman–Crippen MR) is 78.8 cm³/mol. The molecule has 106 valence electrons. The molecule has 2 heteroatoms. The summed E-state index contributed by atoms with van der Waals surface area (Å²) in [6, 6.07) is 2.32. The third-order valence-corrected chi connectivity index (χ3v) is 5.26. The van der Waals surface area contributed by atoms with Gasteiger partial charge in [0.1, 0.15) is 0 Å². The molecule has 18 heavy (non-hydrogen) atoms. The lowest BCUT2D eigenvalue weighted by Gasteiger charge is -2.48. The molecular weight excluding hydrogens is 220 g/mol. The first kappa shape index (κ1) is 14.3. The summed E-state index contributed by atoms with van der Waals surface area (Å²) >= 11 is 0. The molecule has 1 saturated carbocycles. The number of hydrogen-bond donors (Lipinski definition) is 1. The van der Waals surface area contributed by atoms with Gasteiger partial charge in [0.15, 0.2) is 0 Å². The van der Waals surface area contributed by atoms with Gasteiger partial charge in [-0.05, 0) is 31.1 Å². The van der Waals surface area contributed by atoms with Crippen LogP contribution in [0, 0.1) is 11.8 Å². The van der Waals surface area contributed by atoms with E-state index in [9.17, 15) is 0 Å². The Kier molecular flexibility index (Phi) is 5.08. The molecule has 4 unspecified atom stereocenters. The molecule has 1 heterocycles. The normalized spacial score (nSPS) is 39.2. The average Bonchev–Trinajstić information content (AvgIpc) is 2.38. The fourth-order valence-corrected chi connectivity index (χ4v) is 3.87. The van der Waals surface area contributed by atoms with Crippen LogP contribution >= 0.6 is 0 Å². The van der Waals surface area contributed by atoms with E-state index in [1.165, 1.54) is 45.2 Å². The van der Waals surface area contributed by atoms with Crippen LogP contribution in [0.15, 0.2) is 0 Å². The summed E-state index contributed by atoms with van der Waals surface area (Å²) in [5.41, 5.74) is 0. The summed E-state index contributed by atoms with van der Waals surface area (Å²) in [6.45, 7) is 12.0. The van der Waals surface area contributed by atoms with Crippen LogP contribution in [0.5, 0.6) is 0 Å². The van der Waals surface area contributed by atoms with Crippen molar-refractivity contribution in [2.45, 2.75) is 77.9 Å². The Bertz CT molecular complexity index is 251. The molecule has 1 aliphatic carbocycles. The van der Waals surface area contributed by atoms with E-state index >= 15 is 0 Å². The topological polar surface area (TPSA) is 15.3 Å². The molecule has 2 aliphatic rings. The maximum atomic E-state index is 3.76. The van der Waals surface area contributed by atoms with Gasteiger partial charge in [0.25, 0.3) is 0 Å². The zero-order chi connectivity index (χ0) is 13.1. The standard InChI is InChI=1S/C16H32N2/c1-5-14-10-17-15(12(2)3)11-18(14)16-9-7-6-8-13(16)4/h12-17H,5-11H2,1-4H3. The zero-order valence-electron chi connectivity index (χ0n) is 12.8. The number of piperazine rings is 1. The molecule has 0 aromatic carbocycles. The molecule has 1 N–H and O–H groups in total. The third-order valence-electron chi connectivity index (χ3n) is 5.26. The number of rotatable bonds is 3. The van der Waals surface area contributed by atoms with Crippen LogP contribution in [0.1, 0.15) is 59.8 Å². The third kappa shape index (κ3) is 3.08. The van der Waals surface area contributed by atoms with E-state index in [2.05, 4.69) is 37.9 Å². The number of hydrogen-bond acceptors (Lipinski definition) is 2. The second-order valence-electron chi connectivity index (χ2n) is 6.85. The van der Waals surface area contributed by atoms with E-state index in [1.807, 2.05) is 0 Å². The highest BCUT2D eigenvalue weighted by molar-refractivity contribution is 4.93. The summed E-state index contributed by atoms with van der Waals surface area (Å²) in [5, 5.41) is 3.76. The molecule has 2 rings (SSSR count). The van der Waals surface area contributed by atoms with Crippen molar-refractivity contribution in [2.24, 2.45) is 11.8 Å². The van der Waals surface area contributed by atoms with E-state index in [0.717, 1.165) is 23.9 Å². The number of nitrogens with one attached hydrogen (secondary N) is 1. The Morgan fingerprint density at radius 1 is 1.22 bits per heavy atom. The molecule has 0 aromatic rings. The minimum Gasteiger partial charge on any atom is -0.311 e. The van der Waals surface area contributed by atoms with Crippen LogP contribution in [0.25, 0.3) is 0 Å². The van der Waals surface area contributed by atoms with Gasteiger partial charge in [-0.15, -0.1) is 0 Å². The molecule has 2 nitrogen and oxygen atoms in total. The van der Waals surface area contributed by atoms with Crippen molar-refractivity contribution in [3.05, 3.63) is 0 Å². The van der Waals surface area contributed by atoms with E-state index < -0.39 is 0 Å². The molecule has 0 amide bonds. The zero-order valence-corrected chi connectivity index (χ0v) is 12.8. The molecule has 0 bridgehead atoms. The van der Waals surface area contributed by atoms with Crippen LogP contribution in [0.3, 0.4) is 0 Å². The van der Waals surface area contributed by atoms with Crippen molar-refractivity contribution < 1.29 is 0 Å². The van der Waals surface area contributed by atoms with E-state index in [1.54, 1.807) is 0 Å². The van der Waals surface area contributed by atoms with Gasteiger partial charge in [-0.25, -0.2) is 0 Å². The minimum absolute atomic E-state index is 0.696. The van der Waals surface area contributed by atoms with Gasteiger partial charge >= 0.3 is 0 Å². The minimum atomic E-state index is 0.696. The lowest BCUT2D eigenvalue weighted by molar-refractivity contribution is 0.0258. The Morgan fingerprint density at radius 3 is 2.56 bits per heavy atom. The molecule has 1 aliphatic heterocycles. The molecule has 1 saturated heterocycles. The summed E-state index contributed by atoms with van der Waals surface area (Å²) < 4.78 is 0. The van der Waals surface area contributed by atoms with E-state index in [0.29, 0.717) is 6.04 Å². The van der Waals surface area contributed by atoms with Crippen molar-refractivity contribution in [3.8, 4) is 0 Å². The second-order valence-corrected chi connectivity index (χ2v) is 6.85. The Balaban J connectivity index is 2.05. The molecule has 0 radical (unpaired) electrons. The molecule has 0 aromatic heterocycles. The lowest BCUT2D eigenvalue weighted by atomic mass is 9.83. The van der Waals surface area contributed by atoms with Crippen molar-refractivity contribution >= 4 is 0 Å². The van der Waals surface area contributed by atoms with Crippen LogP contribution in [0.4, 0.5) is 0 Å². The highest BCUT2D eigenvalue weighted by atomic mass is 15.3.